The highest BCUT2D eigenvalue weighted by atomic mass is 32.2. The zero-order valence-electron chi connectivity index (χ0n) is 7.51. The lowest BCUT2D eigenvalue weighted by atomic mass is 10.3. The Labute approximate surface area is 73.2 Å². The summed E-state index contributed by atoms with van der Waals surface area (Å²) in [7, 11) is -2.08. The van der Waals surface area contributed by atoms with Crippen LogP contribution in [0.4, 0.5) is 0 Å². The van der Waals surface area contributed by atoms with E-state index in [0.29, 0.717) is 17.8 Å². The minimum absolute atomic E-state index is 0.465. The molecular formula is C6H15N3O2S. The highest BCUT2D eigenvalue weighted by Crippen LogP contribution is 1.98. The molecule has 0 aliphatic heterocycles. The van der Waals surface area contributed by atoms with Gasteiger partial charge in [-0.15, -0.1) is 0 Å². The molecule has 0 unspecified atom stereocenters. The Morgan fingerprint density at radius 1 is 1.50 bits per heavy atom. The van der Waals surface area contributed by atoms with E-state index in [1.165, 1.54) is 7.05 Å². The number of nitrogens with one attached hydrogen (secondary N) is 2. The highest BCUT2D eigenvalue weighted by molar-refractivity contribution is 7.87. The molecule has 6 heteroatoms. The molecule has 0 spiro atoms. The lowest BCUT2D eigenvalue weighted by molar-refractivity contribution is 0.580. The maximum atomic E-state index is 10.9. The van der Waals surface area contributed by atoms with Crippen molar-refractivity contribution in [3.05, 3.63) is 11.4 Å². The molecule has 12 heavy (non-hydrogen) atoms. The van der Waals surface area contributed by atoms with Gasteiger partial charge in [0, 0.05) is 18.4 Å². The first-order valence-electron chi connectivity index (χ1n) is 3.59. The maximum Gasteiger partial charge on any atom is 0.298 e. The topological polar surface area (TPSA) is 84.2 Å². The fourth-order valence-electron chi connectivity index (χ4n) is 0.583. The first-order valence-corrected chi connectivity index (χ1v) is 5.07. The van der Waals surface area contributed by atoms with Gasteiger partial charge in [-0.2, -0.15) is 8.42 Å². The standard InChI is InChI=1S/C6H15N3O2S/c1-4-6(7)5(2)9-12(10,11)8-3/h8-9H,4,7H2,1-3H3/b6-5+. The van der Waals surface area contributed by atoms with Crippen LogP contribution in [-0.4, -0.2) is 15.5 Å². The van der Waals surface area contributed by atoms with Gasteiger partial charge in [0.15, 0.2) is 0 Å². The first kappa shape index (κ1) is 11.2. The van der Waals surface area contributed by atoms with Crippen molar-refractivity contribution in [1.82, 2.24) is 9.44 Å². The lowest BCUT2D eigenvalue weighted by Gasteiger charge is -2.08. The van der Waals surface area contributed by atoms with Crippen LogP contribution in [-0.2, 0) is 10.2 Å². The van der Waals surface area contributed by atoms with Crippen LogP contribution in [0.2, 0.25) is 0 Å². The van der Waals surface area contributed by atoms with E-state index in [-0.39, 0.29) is 0 Å². The second-order valence-corrected chi connectivity index (χ2v) is 3.93. The summed E-state index contributed by atoms with van der Waals surface area (Å²) in [5, 5.41) is 0. The van der Waals surface area contributed by atoms with Crippen molar-refractivity contribution in [3.8, 4) is 0 Å². The molecule has 0 aromatic rings. The Morgan fingerprint density at radius 3 is 2.33 bits per heavy atom. The third-order valence-electron chi connectivity index (χ3n) is 1.42. The highest BCUT2D eigenvalue weighted by Gasteiger charge is 2.06. The molecule has 0 aromatic heterocycles. The van der Waals surface area contributed by atoms with Gasteiger partial charge in [0.1, 0.15) is 0 Å². The number of allylic oxidation sites excluding steroid dienone is 2. The molecular weight excluding hydrogens is 178 g/mol. The molecule has 0 radical (unpaired) electrons. The normalized spacial score (nSPS) is 13.9. The van der Waals surface area contributed by atoms with E-state index in [1.807, 2.05) is 6.92 Å². The summed E-state index contributed by atoms with van der Waals surface area (Å²) in [6, 6.07) is 0. The second kappa shape index (κ2) is 4.32. The van der Waals surface area contributed by atoms with Crippen LogP contribution in [0.5, 0.6) is 0 Å². The van der Waals surface area contributed by atoms with Crippen LogP contribution in [0, 0.1) is 0 Å². The third-order valence-corrected chi connectivity index (χ3v) is 2.53. The molecule has 0 heterocycles. The van der Waals surface area contributed by atoms with Crippen molar-refractivity contribution in [3.63, 3.8) is 0 Å². The molecule has 5 nitrogen and oxygen atoms in total. The van der Waals surface area contributed by atoms with Gasteiger partial charge >= 0.3 is 0 Å². The molecule has 0 bridgehead atoms. The van der Waals surface area contributed by atoms with Crippen LogP contribution < -0.4 is 15.2 Å². The zero-order chi connectivity index (χ0) is 9.78. The summed E-state index contributed by atoms with van der Waals surface area (Å²) in [5.41, 5.74) is 6.50. The minimum atomic E-state index is -3.41. The summed E-state index contributed by atoms with van der Waals surface area (Å²) in [6.45, 7) is 3.47. The Hall–Kier alpha value is -0.750. The molecule has 0 fully saturated rings. The Kier molecular flexibility index (Phi) is 4.05. The van der Waals surface area contributed by atoms with Crippen LogP contribution in [0.15, 0.2) is 11.4 Å². The van der Waals surface area contributed by atoms with Gasteiger partial charge in [-0.3, -0.25) is 4.72 Å². The number of hydrogen-bond acceptors (Lipinski definition) is 3. The summed E-state index contributed by atoms with van der Waals surface area (Å²) in [6.07, 6.45) is 0.623. The summed E-state index contributed by atoms with van der Waals surface area (Å²) < 4.78 is 26.2. The Bertz CT molecular complexity index is 269. The van der Waals surface area contributed by atoms with Gasteiger partial charge < -0.3 is 5.73 Å². The molecule has 0 aromatic carbocycles. The molecule has 0 saturated heterocycles. The summed E-state index contributed by atoms with van der Waals surface area (Å²) in [4.78, 5) is 0. The smallest absolute Gasteiger partial charge is 0.298 e. The van der Waals surface area contributed by atoms with Crippen molar-refractivity contribution >= 4 is 10.2 Å². The first-order chi connectivity index (χ1) is 5.43. The van der Waals surface area contributed by atoms with E-state index in [4.69, 9.17) is 5.73 Å². The molecule has 0 aliphatic rings. The van der Waals surface area contributed by atoms with E-state index in [9.17, 15) is 8.42 Å². The molecule has 0 atom stereocenters. The molecule has 0 saturated carbocycles. The average Bonchev–Trinajstić information content (AvgIpc) is 2.02. The monoisotopic (exact) mass is 193 g/mol. The SMILES string of the molecule is CC/C(N)=C(/C)NS(=O)(=O)NC. The van der Waals surface area contributed by atoms with Crippen LogP contribution in [0.3, 0.4) is 0 Å². The Morgan fingerprint density at radius 2 is 2.00 bits per heavy atom. The van der Waals surface area contributed by atoms with Crippen LogP contribution in [0.1, 0.15) is 20.3 Å². The Balaban J connectivity index is 4.48. The molecule has 4 N–H and O–H groups in total. The van der Waals surface area contributed by atoms with Crippen molar-refractivity contribution in [2.75, 3.05) is 7.05 Å². The van der Waals surface area contributed by atoms with Gasteiger partial charge in [0.2, 0.25) is 0 Å². The van der Waals surface area contributed by atoms with Crippen LogP contribution in [0.25, 0.3) is 0 Å². The number of nitrogens with two attached hydrogens (primary N) is 1. The van der Waals surface area contributed by atoms with Crippen molar-refractivity contribution in [2.24, 2.45) is 5.73 Å². The third kappa shape index (κ3) is 3.59. The van der Waals surface area contributed by atoms with Gasteiger partial charge in [-0.25, -0.2) is 4.72 Å². The second-order valence-electron chi connectivity index (χ2n) is 2.31. The van der Waals surface area contributed by atoms with E-state index >= 15 is 0 Å². The fourth-order valence-corrected chi connectivity index (χ4v) is 1.22. The quantitative estimate of drug-likeness (QED) is 0.570. The van der Waals surface area contributed by atoms with Gasteiger partial charge in [-0.05, 0) is 13.3 Å². The fraction of sp³-hybridized carbons (Fsp3) is 0.667. The summed E-state index contributed by atoms with van der Waals surface area (Å²) in [5.74, 6) is 0. The van der Waals surface area contributed by atoms with Crippen molar-refractivity contribution < 1.29 is 8.42 Å². The lowest BCUT2D eigenvalue weighted by Crippen LogP contribution is -2.33. The molecule has 0 amide bonds. The van der Waals surface area contributed by atoms with Crippen molar-refractivity contribution in [1.29, 1.82) is 0 Å². The van der Waals surface area contributed by atoms with Gasteiger partial charge in [0.25, 0.3) is 10.2 Å². The van der Waals surface area contributed by atoms with Crippen molar-refractivity contribution in [2.45, 2.75) is 20.3 Å². The van der Waals surface area contributed by atoms with E-state index in [0.717, 1.165) is 0 Å². The molecule has 0 rings (SSSR count). The van der Waals surface area contributed by atoms with E-state index < -0.39 is 10.2 Å². The minimum Gasteiger partial charge on any atom is -0.401 e. The van der Waals surface area contributed by atoms with Gasteiger partial charge in [0.05, 0.1) is 0 Å². The van der Waals surface area contributed by atoms with Gasteiger partial charge in [-0.1, -0.05) is 6.92 Å². The number of hydrogen-bond donors (Lipinski definition) is 3. The predicted molar refractivity (Wildman–Crippen MR) is 48.3 cm³/mol. The molecule has 0 aliphatic carbocycles. The maximum absolute atomic E-state index is 10.9. The number of rotatable bonds is 4. The summed E-state index contributed by atoms with van der Waals surface area (Å²) >= 11 is 0. The van der Waals surface area contributed by atoms with Crippen LogP contribution >= 0.6 is 0 Å². The van der Waals surface area contributed by atoms with E-state index in [2.05, 4.69) is 9.44 Å². The molecule has 72 valence electrons. The largest absolute Gasteiger partial charge is 0.401 e. The average molecular weight is 193 g/mol. The van der Waals surface area contributed by atoms with E-state index in [1.54, 1.807) is 6.92 Å². The zero-order valence-corrected chi connectivity index (χ0v) is 8.33. The predicted octanol–water partition coefficient (Wildman–Crippen LogP) is -0.360.